The van der Waals surface area contributed by atoms with E-state index in [9.17, 15) is 22.2 Å². The first-order chi connectivity index (χ1) is 9.78. The lowest BCUT2D eigenvalue weighted by Gasteiger charge is -2.32. The summed E-state index contributed by atoms with van der Waals surface area (Å²) in [6, 6.07) is 7.54. The van der Waals surface area contributed by atoms with Crippen LogP contribution in [-0.2, 0) is 20.5 Å². The number of benzene rings is 1. The van der Waals surface area contributed by atoms with E-state index in [2.05, 4.69) is 4.74 Å². The molecule has 0 heterocycles. The number of carbonyl (C=O) groups is 1. The molecular formula is C13H16F3NO3S. The van der Waals surface area contributed by atoms with Gasteiger partial charge >= 0.3 is 12.1 Å². The Bertz CT molecular complexity index is 507. The second-order valence-corrected chi connectivity index (χ2v) is 5.37. The Morgan fingerprint density at radius 1 is 1.24 bits per heavy atom. The van der Waals surface area contributed by atoms with Crippen molar-refractivity contribution in [3.05, 3.63) is 30.3 Å². The average molecular weight is 323 g/mol. The highest BCUT2D eigenvalue weighted by Gasteiger charge is 2.61. The zero-order valence-electron chi connectivity index (χ0n) is 11.6. The van der Waals surface area contributed by atoms with Crippen LogP contribution in [0.3, 0.4) is 0 Å². The normalized spacial score (nSPS) is 16.0. The summed E-state index contributed by atoms with van der Waals surface area (Å²) in [5.41, 5.74) is -3.00. The maximum atomic E-state index is 13.3. The molecule has 118 valence electrons. The Hall–Kier alpha value is -1.41. The third kappa shape index (κ3) is 3.82. The molecule has 0 amide bonds. The largest absolute Gasteiger partial charge is 0.464 e. The van der Waals surface area contributed by atoms with Crippen molar-refractivity contribution in [2.45, 2.75) is 36.9 Å². The average Bonchev–Trinajstić information content (AvgIpc) is 2.44. The summed E-state index contributed by atoms with van der Waals surface area (Å²) in [6.45, 7) is 2.39. The predicted octanol–water partition coefficient (Wildman–Crippen LogP) is 2.57. The number of rotatable bonds is 6. The van der Waals surface area contributed by atoms with Gasteiger partial charge in [0.1, 0.15) is 11.0 Å². The van der Waals surface area contributed by atoms with Crippen molar-refractivity contribution in [1.29, 1.82) is 0 Å². The SMILES string of the molecule is CCOC(=O)[C@](CC)(N[S@@](=O)c1ccccc1)C(F)(F)F. The van der Waals surface area contributed by atoms with Crippen molar-refractivity contribution in [2.24, 2.45) is 0 Å². The number of ether oxygens (including phenoxy) is 1. The minimum atomic E-state index is -4.93. The molecule has 0 saturated heterocycles. The summed E-state index contributed by atoms with van der Waals surface area (Å²) in [6.07, 6.45) is -5.56. The van der Waals surface area contributed by atoms with Crippen LogP contribution in [0.2, 0.25) is 0 Å². The molecule has 0 radical (unpaired) electrons. The van der Waals surface area contributed by atoms with Gasteiger partial charge in [0.2, 0.25) is 5.54 Å². The highest BCUT2D eigenvalue weighted by molar-refractivity contribution is 7.83. The van der Waals surface area contributed by atoms with Crippen molar-refractivity contribution < 1.29 is 26.9 Å². The van der Waals surface area contributed by atoms with Gasteiger partial charge in [-0.05, 0) is 25.5 Å². The summed E-state index contributed by atoms with van der Waals surface area (Å²) in [7, 11) is -2.19. The second kappa shape index (κ2) is 7.04. The summed E-state index contributed by atoms with van der Waals surface area (Å²) in [5.74, 6) is -1.48. The first-order valence-corrected chi connectivity index (χ1v) is 7.42. The van der Waals surface area contributed by atoms with E-state index in [0.29, 0.717) is 0 Å². The predicted molar refractivity (Wildman–Crippen MR) is 71.7 cm³/mol. The number of nitrogens with one attached hydrogen (secondary N) is 1. The molecule has 4 nitrogen and oxygen atoms in total. The fourth-order valence-corrected chi connectivity index (χ4v) is 2.83. The van der Waals surface area contributed by atoms with Gasteiger partial charge in [-0.1, -0.05) is 25.1 Å². The van der Waals surface area contributed by atoms with Gasteiger partial charge in [-0.3, -0.25) is 0 Å². The van der Waals surface area contributed by atoms with Crippen molar-refractivity contribution in [1.82, 2.24) is 4.72 Å². The van der Waals surface area contributed by atoms with Crippen molar-refractivity contribution >= 4 is 17.0 Å². The molecule has 2 atom stereocenters. The molecule has 0 bridgehead atoms. The Kier molecular flexibility index (Phi) is 5.91. The lowest BCUT2D eigenvalue weighted by molar-refractivity contribution is -0.209. The molecule has 1 aromatic rings. The zero-order valence-corrected chi connectivity index (χ0v) is 12.4. The number of hydrogen-bond acceptors (Lipinski definition) is 3. The van der Waals surface area contributed by atoms with Crippen molar-refractivity contribution in [3.63, 3.8) is 0 Å². The first-order valence-electron chi connectivity index (χ1n) is 6.27. The fourth-order valence-electron chi connectivity index (χ4n) is 1.65. The van der Waals surface area contributed by atoms with Gasteiger partial charge in [-0.2, -0.15) is 13.2 Å². The van der Waals surface area contributed by atoms with Crippen LogP contribution in [0.4, 0.5) is 13.2 Å². The minimum Gasteiger partial charge on any atom is -0.464 e. The van der Waals surface area contributed by atoms with Gasteiger partial charge in [0, 0.05) is 0 Å². The molecule has 0 aliphatic rings. The van der Waals surface area contributed by atoms with Crippen LogP contribution in [-0.4, -0.2) is 28.5 Å². The Morgan fingerprint density at radius 3 is 2.24 bits per heavy atom. The summed E-state index contributed by atoms with van der Waals surface area (Å²) in [5, 5.41) is 0. The van der Waals surface area contributed by atoms with E-state index < -0.39 is 35.1 Å². The van der Waals surface area contributed by atoms with Crippen LogP contribution >= 0.6 is 0 Å². The Balaban J connectivity index is 3.14. The fraction of sp³-hybridized carbons (Fsp3) is 0.462. The van der Waals surface area contributed by atoms with E-state index in [4.69, 9.17) is 0 Å². The highest BCUT2D eigenvalue weighted by Crippen LogP contribution is 2.35. The summed E-state index contributed by atoms with van der Waals surface area (Å²) < 4.78 is 58.4. The summed E-state index contributed by atoms with van der Waals surface area (Å²) in [4.78, 5) is 11.9. The second-order valence-electron chi connectivity index (χ2n) is 4.16. The van der Waals surface area contributed by atoms with Gasteiger partial charge in [0.25, 0.3) is 0 Å². The van der Waals surface area contributed by atoms with E-state index >= 15 is 0 Å². The molecule has 0 saturated carbocycles. The van der Waals surface area contributed by atoms with Crippen LogP contribution in [0.15, 0.2) is 35.2 Å². The lowest BCUT2D eigenvalue weighted by Crippen LogP contribution is -2.63. The van der Waals surface area contributed by atoms with E-state index in [1.807, 2.05) is 4.72 Å². The smallest absolute Gasteiger partial charge is 0.418 e. The Labute approximate surface area is 123 Å². The molecule has 1 aromatic carbocycles. The quantitative estimate of drug-likeness (QED) is 0.819. The van der Waals surface area contributed by atoms with E-state index in [1.165, 1.54) is 26.0 Å². The molecule has 0 aromatic heterocycles. The first kappa shape index (κ1) is 17.6. The van der Waals surface area contributed by atoms with Crippen LogP contribution in [0.25, 0.3) is 0 Å². The molecule has 0 aliphatic heterocycles. The minimum absolute atomic E-state index is 0.142. The van der Waals surface area contributed by atoms with Crippen LogP contribution in [0, 0.1) is 0 Å². The standard InChI is InChI=1S/C13H16F3NO3S/c1-3-12(13(14,15)16,11(18)20-4-2)17-21(19)10-8-6-5-7-9-10/h5-9,17H,3-4H2,1-2H3/t12-,21-/m0/s1. The monoisotopic (exact) mass is 323 g/mol. The highest BCUT2D eigenvalue weighted by atomic mass is 32.2. The van der Waals surface area contributed by atoms with Crippen molar-refractivity contribution in [2.75, 3.05) is 6.61 Å². The zero-order chi connectivity index (χ0) is 16.1. The van der Waals surface area contributed by atoms with Crippen molar-refractivity contribution in [3.8, 4) is 0 Å². The van der Waals surface area contributed by atoms with Gasteiger partial charge in [0.05, 0.1) is 11.5 Å². The number of alkyl halides is 3. The molecule has 21 heavy (non-hydrogen) atoms. The molecular weight excluding hydrogens is 307 g/mol. The van der Waals surface area contributed by atoms with Gasteiger partial charge < -0.3 is 4.74 Å². The van der Waals surface area contributed by atoms with Gasteiger partial charge in [-0.25, -0.2) is 13.7 Å². The molecule has 0 spiro atoms. The molecule has 0 unspecified atom stereocenters. The molecule has 1 rings (SSSR count). The third-order valence-electron chi connectivity index (χ3n) is 2.86. The van der Waals surface area contributed by atoms with Gasteiger partial charge in [-0.15, -0.1) is 0 Å². The van der Waals surface area contributed by atoms with Crippen LogP contribution < -0.4 is 4.72 Å². The van der Waals surface area contributed by atoms with Crippen LogP contribution in [0.5, 0.6) is 0 Å². The van der Waals surface area contributed by atoms with Crippen LogP contribution in [0.1, 0.15) is 20.3 Å². The molecule has 0 aliphatic carbocycles. The van der Waals surface area contributed by atoms with E-state index in [1.54, 1.807) is 18.2 Å². The molecule has 1 N–H and O–H groups in total. The maximum Gasteiger partial charge on any atom is 0.418 e. The number of halogens is 3. The van der Waals surface area contributed by atoms with Gasteiger partial charge in [0.15, 0.2) is 0 Å². The number of esters is 1. The molecule has 0 fully saturated rings. The Morgan fingerprint density at radius 2 is 1.81 bits per heavy atom. The van der Waals surface area contributed by atoms with E-state index in [-0.39, 0.29) is 11.5 Å². The topological polar surface area (TPSA) is 55.4 Å². The summed E-state index contributed by atoms with van der Waals surface area (Å²) >= 11 is 0. The lowest BCUT2D eigenvalue weighted by atomic mass is 9.97. The third-order valence-corrected chi connectivity index (χ3v) is 4.10. The number of carbonyl (C=O) groups excluding carboxylic acids is 1. The van der Waals surface area contributed by atoms with E-state index in [0.717, 1.165) is 0 Å². The molecule has 8 heteroatoms. The number of hydrogen-bond donors (Lipinski definition) is 1. The maximum absolute atomic E-state index is 13.3.